The average Bonchev–Trinajstić information content (AvgIpc) is 2.86. The van der Waals surface area contributed by atoms with Crippen molar-refractivity contribution in [3.63, 3.8) is 0 Å². The van der Waals surface area contributed by atoms with E-state index in [2.05, 4.69) is 48.3 Å². The molecule has 2 heterocycles. The van der Waals surface area contributed by atoms with Crippen molar-refractivity contribution in [1.82, 2.24) is 9.97 Å². The molecule has 21 heavy (non-hydrogen) atoms. The predicted molar refractivity (Wildman–Crippen MR) is 91.7 cm³/mol. The monoisotopic (exact) mass is 324 g/mol. The van der Waals surface area contributed by atoms with Crippen molar-refractivity contribution in [2.24, 2.45) is 0 Å². The fraction of sp³-hybridized carbons (Fsp3) is 0.467. The van der Waals surface area contributed by atoms with E-state index in [1.165, 1.54) is 4.88 Å². The van der Waals surface area contributed by atoms with Crippen LogP contribution < -0.4 is 10.6 Å². The minimum absolute atomic E-state index is 0.157. The maximum absolute atomic E-state index is 6.01. The van der Waals surface area contributed by atoms with Gasteiger partial charge in [-0.05, 0) is 31.9 Å². The van der Waals surface area contributed by atoms with Gasteiger partial charge in [-0.25, -0.2) is 9.97 Å². The van der Waals surface area contributed by atoms with Gasteiger partial charge in [-0.1, -0.05) is 25.4 Å². The Morgan fingerprint density at radius 3 is 2.48 bits per heavy atom. The van der Waals surface area contributed by atoms with Crippen LogP contribution >= 0.6 is 22.9 Å². The first-order chi connectivity index (χ1) is 10.0. The maximum Gasteiger partial charge on any atom is 0.135 e. The molecule has 114 valence electrons. The minimum atomic E-state index is 0.157. The summed E-state index contributed by atoms with van der Waals surface area (Å²) in [6.45, 7) is 9.32. The van der Waals surface area contributed by atoms with Crippen molar-refractivity contribution < 1.29 is 0 Å². The van der Waals surface area contributed by atoms with Crippen LogP contribution in [0.1, 0.15) is 50.1 Å². The number of rotatable bonds is 6. The van der Waals surface area contributed by atoms with Crippen molar-refractivity contribution >= 4 is 34.6 Å². The van der Waals surface area contributed by atoms with Gasteiger partial charge >= 0.3 is 0 Å². The normalized spacial score (nSPS) is 12.5. The number of thiophene rings is 1. The Hall–Kier alpha value is -1.33. The lowest BCUT2D eigenvalue weighted by Crippen LogP contribution is -2.13. The summed E-state index contributed by atoms with van der Waals surface area (Å²) in [7, 11) is 0. The van der Waals surface area contributed by atoms with Crippen LogP contribution in [0.25, 0.3) is 0 Å². The van der Waals surface area contributed by atoms with Gasteiger partial charge in [0.25, 0.3) is 0 Å². The van der Waals surface area contributed by atoms with E-state index < -0.39 is 0 Å². The number of hydrogen-bond donors (Lipinski definition) is 2. The van der Waals surface area contributed by atoms with Gasteiger partial charge in [0.05, 0.1) is 10.4 Å². The van der Waals surface area contributed by atoms with Gasteiger partial charge in [0, 0.05) is 17.0 Å². The topological polar surface area (TPSA) is 49.8 Å². The van der Waals surface area contributed by atoms with E-state index in [4.69, 9.17) is 11.6 Å². The first-order valence-corrected chi connectivity index (χ1v) is 8.32. The highest BCUT2D eigenvalue weighted by Crippen LogP contribution is 2.33. The molecule has 0 saturated carbocycles. The van der Waals surface area contributed by atoms with Crippen LogP contribution in [0.15, 0.2) is 18.5 Å². The highest BCUT2D eigenvalue weighted by molar-refractivity contribution is 7.16. The van der Waals surface area contributed by atoms with E-state index in [-0.39, 0.29) is 6.04 Å². The molecule has 0 aromatic carbocycles. The lowest BCUT2D eigenvalue weighted by atomic mass is 10.0. The van der Waals surface area contributed by atoms with Crippen molar-refractivity contribution in [1.29, 1.82) is 0 Å². The molecule has 0 aliphatic heterocycles. The van der Waals surface area contributed by atoms with E-state index in [0.717, 1.165) is 28.1 Å². The Balaban J connectivity index is 2.28. The number of anilines is 2. The third kappa shape index (κ3) is 3.86. The van der Waals surface area contributed by atoms with E-state index in [1.54, 1.807) is 17.7 Å². The molecular weight excluding hydrogens is 304 g/mol. The molecular formula is C15H21ClN4S. The van der Waals surface area contributed by atoms with Crippen LogP contribution in [0, 0.1) is 0 Å². The molecule has 0 radical (unpaired) electrons. The van der Waals surface area contributed by atoms with Gasteiger partial charge < -0.3 is 10.6 Å². The quantitative estimate of drug-likeness (QED) is 0.791. The summed E-state index contributed by atoms with van der Waals surface area (Å²) in [5, 5.41) is 6.79. The Morgan fingerprint density at radius 2 is 1.90 bits per heavy atom. The lowest BCUT2D eigenvalue weighted by molar-refractivity contribution is 0.824. The van der Waals surface area contributed by atoms with E-state index >= 15 is 0 Å². The van der Waals surface area contributed by atoms with Crippen LogP contribution in [0.5, 0.6) is 0 Å². The Morgan fingerprint density at radius 1 is 1.19 bits per heavy atom. The van der Waals surface area contributed by atoms with Crippen LogP contribution in [0.3, 0.4) is 0 Å². The molecule has 4 nitrogen and oxygen atoms in total. The van der Waals surface area contributed by atoms with Crippen molar-refractivity contribution in [3.8, 4) is 0 Å². The second kappa shape index (κ2) is 7.09. The van der Waals surface area contributed by atoms with E-state index in [0.29, 0.717) is 5.92 Å². The largest absolute Gasteiger partial charge is 0.370 e. The highest BCUT2D eigenvalue weighted by Gasteiger charge is 2.17. The Bertz CT molecular complexity index is 597. The summed E-state index contributed by atoms with van der Waals surface area (Å²) in [5.74, 6) is 2.12. The first kappa shape index (κ1) is 16.0. The average molecular weight is 325 g/mol. The number of halogens is 1. The third-order valence-electron chi connectivity index (χ3n) is 3.18. The molecule has 0 saturated heterocycles. The highest BCUT2D eigenvalue weighted by atomic mass is 35.5. The Kier molecular flexibility index (Phi) is 5.42. The lowest BCUT2D eigenvalue weighted by Gasteiger charge is -2.20. The molecule has 0 aliphatic carbocycles. The van der Waals surface area contributed by atoms with Gasteiger partial charge in [0.2, 0.25) is 0 Å². The second-order valence-electron chi connectivity index (χ2n) is 5.18. The van der Waals surface area contributed by atoms with Gasteiger partial charge in [0.1, 0.15) is 18.0 Å². The number of nitrogens with one attached hydrogen (secondary N) is 2. The number of nitrogens with zero attached hydrogens (tertiary/aromatic N) is 2. The molecule has 0 bridgehead atoms. The minimum Gasteiger partial charge on any atom is -0.370 e. The summed E-state index contributed by atoms with van der Waals surface area (Å²) >= 11 is 7.60. The summed E-state index contributed by atoms with van der Waals surface area (Å²) in [5.41, 5.74) is 1.12. The van der Waals surface area contributed by atoms with Crippen LogP contribution in [-0.2, 0) is 0 Å². The van der Waals surface area contributed by atoms with Crippen molar-refractivity contribution in [3.05, 3.63) is 33.2 Å². The standard InChI is InChI=1S/C15H21ClN4S/c1-5-17-14-13(9(2)3)15(19-8-18-14)20-10(4)11-6-7-12(16)21-11/h6-10H,5H2,1-4H3,(H2,17,18,19,20). The first-order valence-electron chi connectivity index (χ1n) is 7.13. The molecule has 0 aliphatic rings. The number of hydrogen-bond acceptors (Lipinski definition) is 5. The van der Waals surface area contributed by atoms with Gasteiger partial charge in [-0.15, -0.1) is 11.3 Å². The zero-order valence-corrected chi connectivity index (χ0v) is 14.3. The summed E-state index contributed by atoms with van der Waals surface area (Å²) < 4.78 is 0.804. The molecule has 1 atom stereocenters. The van der Waals surface area contributed by atoms with Crippen LogP contribution in [0.2, 0.25) is 4.34 Å². The third-order valence-corrected chi connectivity index (χ3v) is 4.59. The van der Waals surface area contributed by atoms with Crippen molar-refractivity contribution in [2.45, 2.75) is 39.7 Å². The van der Waals surface area contributed by atoms with Crippen molar-refractivity contribution in [2.75, 3.05) is 17.2 Å². The molecule has 6 heteroatoms. The van der Waals surface area contributed by atoms with Crippen LogP contribution in [0.4, 0.5) is 11.6 Å². The molecule has 0 spiro atoms. The fourth-order valence-electron chi connectivity index (χ4n) is 2.20. The van der Waals surface area contributed by atoms with Gasteiger partial charge in [0.15, 0.2) is 0 Å². The summed E-state index contributed by atoms with van der Waals surface area (Å²) in [6, 6.07) is 4.13. The molecule has 0 fully saturated rings. The van der Waals surface area contributed by atoms with Crippen LogP contribution in [-0.4, -0.2) is 16.5 Å². The molecule has 2 aromatic heterocycles. The van der Waals surface area contributed by atoms with Gasteiger partial charge in [-0.2, -0.15) is 0 Å². The Labute approximate surface area is 135 Å². The molecule has 2 N–H and O–H groups in total. The maximum atomic E-state index is 6.01. The SMILES string of the molecule is CCNc1ncnc(NC(C)c2ccc(Cl)s2)c1C(C)C. The summed E-state index contributed by atoms with van der Waals surface area (Å²) in [6.07, 6.45) is 1.60. The smallest absolute Gasteiger partial charge is 0.135 e. The van der Waals surface area contributed by atoms with Gasteiger partial charge in [-0.3, -0.25) is 0 Å². The zero-order valence-electron chi connectivity index (χ0n) is 12.8. The fourth-order valence-corrected chi connectivity index (χ4v) is 3.27. The van der Waals surface area contributed by atoms with E-state index in [9.17, 15) is 0 Å². The molecule has 0 amide bonds. The molecule has 1 unspecified atom stereocenters. The predicted octanol–water partition coefficient (Wildman–Crippen LogP) is 4.92. The summed E-state index contributed by atoms with van der Waals surface area (Å²) in [4.78, 5) is 9.97. The second-order valence-corrected chi connectivity index (χ2v) is 6.92. The zero-order chi connectivity index (χ0) is 15.4. The number of aromatic nitrogens is 2. The molecule has 2 rings (SSSR count). The van der Waals surface area contributed by atoms with E-state index in [1.807, 2.05) is 12.1 Å². The molecule has 2 aromatic rings.